The van der Waals surface area contributed by atoms with Gasteiger partial charge in [-0.1, -0.05) is 25.1 Å². The van der Waals surface area contributed by atoms with Crippen molar-refractivity contribution in [3.8, 4) is 5.75 Å². The summed E-state index contributed by atoms with van der Waals surface area (Å²) in [6.45, 7) is 4.91. The molecule has 0 saturated carbocycles. The molecule has 3 heteroatoms. The van der Waals surface area contributed by atoms with E-state index in [9.17, 15) is 5.11 Å². The lowest BCUT2D eigenvalue weighted by atomic mass is 9.95. The zero-order valence-corrected chi connectivity index (χ0v) is 10.8. The largest absolute Gasteiger partial charge is 0.493 e. The Bertz CT molecular complexity index is 335. The monoisotopic (exact) mass is 237 g/mol. The Kier molecular flexibility index (Phi) is 5.45. The predicted molar refractivity (Wildman–Crippen MR) is 70.2 cm³/mol. The van der Waals surface area contributed by atoms with E-state index < -0.39 is 5.60 Å². The van der Waals surface area contributed by atoms with Crippen molar-refractivity contribution in [2.24, 2.45) is 5.73 Å². The highest BCUT2D eigenvalue weighted by molar-refractivity contribution is 5.31. The molecule has 0 amide bonds. The molecule has 0 aromatic heterocycles. The van der Waals surface area contributed by atoms with Crippen molar-refractivity contribution in [1.82, 2.24) is 0 Å². The molecule has 0 aliphatic rings. The third-order valence-electron chi connectivity index (χ3n) is 3.18. The maximum absolute atomic E-state index is 10.00. The molecule has 1 aromatic carbocycles. The molecule has 1 aromatic rings. The van der Waals surface area contributed by atoms with Crippen LogP contribution in [-0.4, -0.2) is 23.9 Å². The number of benzene rings is 1. The van der Waals surface area contributed by atoms with Gasteiger partial charge in [0.25, 0.3) is 0 Å². The van der Waals surface area contributed by atoms with Crippen LogP contribution in [0.1, 0.15) is 31.7 Å². The molecule has 1 unspecified atom stereocenters. The third kappa shape index (κ3) is 4.36. The highest BCUT2D eigenvalue weighted by Crippen LogP contribution is 2.19. The van der Waals surface area contributed by atoms with Crippen molar-refractivity contribution >= 4 is 0 Å². The molecule has 3 N–H and O–H groups in total. The molecule has 0 aliphatic heterocycles. The summed E-state index contributed by atoms with van der Waals surface area (Å²) in [7, 11) is 0. The standard InChI is InChI=1S/C14H23NO2/c1-3-14(16,11-15)9-6-10-17-13-8-5-4-7-12(13)2/h4-5,7-8,16H,3,6,9-11,15H2,1-2H3. The first-order chi connectivity index (χ1) is 8.11. The summed E-state index contributed by atoms with van der Waals surface area (Å²) in [5.74, 6) is 0.917. The van der Waals surface area contributed by atoms with Gasteiger partial charge in [0.05, 0.1) is 12.2 Å². The zero-order valence-electron chi connectivity index (χ0n) is 10.8. The summed E-state index contributed by atoms with van der Waals surface area (Å²) in [4.78, 5) is 0. The molecule has 0 bridgehead atoms. The minimum atomic E-state index is -0.727. The van der Waals surface area contributed by atoms with Crippen molar-refractivity contribution in [3.63, 3.8) is 0 Å². The maximum atomic E-state index is 10.00. The smallest absolute Gasteiger partial charge is 0.122 e. The van der Waals surface area contributed by atoms with E-state index in [1.807, 2.05) is 38.1 Å². The topological polar surface area (TPSA) is 55.5 Å². The lowest BCUT2D eigenvalue weighted by Crippen LogP contribution is -2.37. The molecule has 0 fully saturated rings. The molecule has 3 nitrogen and oxygen atoms in total. The van der Waals surface area contributed by atoms with Crippen LogP contribution in [0.15, 0.2) is 24.3 Å². The molecular formula is C14H23NO2. The lowest BCUT2D eigenvalue weighted by Gasteiger charge is -2.24. The predicted octanol–water partition coefficient (Wildman–Crippen LogP) is 2.25. The van der Waals surface area contributed by atoms with E-state index in [1.165, 1.54) is 0 Å². The highest BCUT2D eigenvalue weighted by Gasteiger charge is 2.21. The van der Waals surface area contributed by atoms with Crippen LogP contribution in [-0.2, 0) is 0 Å². The summed E-state index contributed by atoms with van der Waals surface area (Å²) in [6, 6.07) is 7.94. The zero-order chi connectivity index (χ0) is 12.7. The molecule has 0 heterocycles. The van der Waals surface area contributed by atoms with E-state index in [1.54, 1.807) is 0 Å². The number of hydrogen-bond donors (Lipinski definition) is 2. The van der Waals surface area contributed by atoms with Gasteiger partial charge in [-0.05, 0) is 37.8 Å². The fourth-order valence-corrected chi connectivity index (χ4v) is 1.72. The van der Waals surface area contributed by atoms with Gasteiger partial charge in [-0.15, -0.1) is 0 Å². The SMILES string of the molecule is CCC(O)(CN)CCCOc1ccccc1C. The average Bonchev–Trinajstić information content (AvgIpc) is 2.36. The van der Waals surface area contributed by atoms with E-state index in [-0.39, 0.29) is 0 Å². The Morgan fingerprint density at radius 2 is 2.06 bits per heavy atom. The average molecular weight is 237 g/mol. The van der Waals surface area contributed by atoms with Crippen LogP contribution in [0.5, 0.6) is 5.75 Å². The number of aryl methyl sites for hydroxylation is 1. The molecule has 17 heavy (non-hydrogen) atoms. The van der Waals surface area contributed by atoms with Crippen LogP contribution < -0.4 is 10.5 Å². The van der Waals surface area contributed by atoms with Gasteiger partial charge in [0, 0.05) is 6.54 Å². The molecule has 1 atom stereocenters. The van der Waals surface area contributed by atoms with Crippen LogP contribution in [0.4, 0.5) is 0 Å². The molecule has 1 rings (SSSR count). The number of para-hydroxylation sites is 1. The van der Waals surface area contributed by atoms with Gasteiger partial charge in [-0.2, -0.15) is 0 Å². The fourth-order valence-electron chi connectivity index (χ4n) is 1.72. The van der Waals surface area contributed by atoms with Crippen LogP contribution >= 0.6 is 0 Å². The van der Waals surface area contributed by atoms with Gasteiger partial charge < -0.3 is 15.6 Å². The second-order valence-corrected chi connectivity index (χ2v) is 4.50. The number of ether oxygens (including phenoxy) is 1. The summed E-state index contributed by atoms with van der Waals surface area (Å²) < 4.78 is 5.67. The second-order valence-electron chi connectivity index (χ2n) is 4.50. The molecule has 0 aliphatic carbocycles. The van der Waals surface area contributed by atoms with Gasteiger partial charge in [-0.3, -0.25) is 0 Å². The van der Waals surface area contributed by atoms with Crippen LogP contribution in [0.25, 0.3) is 0 Å². The first kappa shape index (κ1) is 14.0. The van der Waals surface area contributed by atoms with Crippen molar-refractivity contribution in [2.45, 2.75) is 38.7 Å². The number of aliphatic hydroxyl groups is 1. The Morgan fingerprint density at radius 3 is 2.65 bits per heavy atom. The molecule has 96 valence electrons. The summed E-state index contributed by atoms with van der Waals surface area (Å²) in [5, 5.41) is 10.00. The van der Waals surface area contributed by atoms with Crippen molar-refractivity contribution < 1.29 is 9.84 Å². The molecule has 0 radical (unpaired) electrons. The summed E-state index contributed by atoms with van der Waals surface area (Å²) >= 11 is 0. The summed E-state index contributed by atoms with van der Waals surface area (Å²) in [5.41, 5.74) is 5.95. The van der Waals surface area contributed by atoms with E-state index in [4.69, 9.17) is 10.5 Å². The van der Waals surface area contributed by atoms with E-state index in [2.05, 4.69) is 0 Å². The van der Waals surface area contributed by atoms with Crippen LogP contribution in [0.3, 0.4) is 0 Å². The normalized spacial score (nSPS) is 14.4. The van der Waals surface area contributed by atoms with Crippen molar-refractivity contribution in [1.29, 1.82) is 0 Å². The number of rotatable bonds is 7. The Labute approximate surface area is 104 Å². The number of hydrogen-bond acceptors (Lipinski definition) is 3. The molecule has 0 saturated heterocycles. The minimum absolute atomic E-state index is 0.313. The van der Waals surface area contributed by atoms with E-state index in [0.717, 1.165) is 17.7 Å². The van der Waals surface area contributed by atoms with Crippen molar-refractivity contribution in [3.05, 3.63) is 29.8 Å². The van der Waals surface area contributed by atoms with E-state index in [0.29, 0.717) is 26.0 Å². The van der Waals surface area contributed by atoms with Gasteiger partial charge in [0.1, 0.15) is 5.75 Å². The van der Waals surface area contributed by atoms with Crippen LogP contribution in [0.2, 0.25) is 0 Å². The van der Waals surface area contributed by atoms with Gasteiger partial charge in [0.15, 0.2) is 0 Å². The molecule has 0 spiro atoms. The first-order valence-corrected chi connectivity index (χ1v) is 6.22. The van der Waals surface area contributed by atoms with E-state index >= 15 is 0 Å². The van der Waals surface area contributed by atoms with Gasteiger partial charge in [0.2, 0.25) is 0 Å². The van der Waals surface area contributed by atoms with Gasteiger partial charge in [-0.25, -0.2) is 0 Å². The second kappa shape index (κ2) is 6.62. The number of nitrogens with two attached hydrogens (primary N) is 1. The summed E-state index contributed by atoms with van der Waals surface area (Å²) in [6.07, 6.45) is 2.19. The Morgan fingerprint density at radius 1 is 1.35 bits per heavy atom. The molecular weight excluding hydrogens is 214 g/mol. The maximum Gasteiger partial charge on any atom is 0.122 e. The Balaban J connectivity index is 2.32. The Hall–Kier alpha value is -1.06. The third-order valence-corrected chi connectivity index (χ3v) is 3.18. The lowest BCUT2D eigenvalue weighted by molar-refractivity contribution is 0.0308. The quantitative estimate of drug-likeness (QED) is 0.715. The van der Waals surface area contributed by atoms with Gasteiger partial charge >= 0.3 is 0 Å². The fraction of sp³-hybridized carbons (Fsp3) is 0.571. The highest BCUT2D eigenvalue weighted by atomic mass is 16.5. The minimum Gasteiger partial charge on any atom is -0.493 e. The van der Waals surface area contributed by atoms with Crippen LogP contribution in [0, 0.1) is 6.92 Å². The van der Waals surface area contributed by atoms with Crippen molar-refractivity contribution in [2.75, 3.05) is 13.2 Å². The first-order valence-electron chi connectivity index (χ1n) is 6.22.